The van der Waals surface area contributed by atoms with E-state index in [1.54, 1.807) is 6.08 Å². The highest BCUT2D eigenvalue weighted by Crippen LogP contribution is 2.32. The molecule has 3 aliphatic rings. The molecule has 5 rings (SSSR count). The summed E-state index contributed by atoms with van der Waals surface area (Å²) in [6, 6.07) is 2.33. The number of nitrogens with zero attached hydrogens (tertiary/aromatic N) is 5. The monoisotopic (exact) mass is 447 g/mol. The zero-order chi connectivity index (χ0) is 22.8. The summed E-state index contributed by atoms with van der Waals surface area (Å²) in [5.74, 6) is 1.47. The maximum atomic E-state index is 13.2. The Labute approximate surface area is 195 Å². The van der Waals surface area contributed by atoms with Crippen LogP contribution in [-0.2, 0) is 17.6 Å². The fraction of sp³-hybridized carbons (Fsp3) is 0.480. The minimum Gasteiger partial charge on any atom is -0.382 e. The molecule has 174 valence electrons. The van der Waals surface area contributed by atoms with Crippen LogP contribution in [0.3, 0.4) is 0 Å². The van der Waals surface area contributed by atoms with Crippen molar-refractivity contribution in [1.82, 2.24) is 30.1 Å². The number of hydrogen-bond donors (Lipinski definition) is 2. The van der Waals surface area contributed by atoms with E-state index < -0.39 is 0 Å². The van der Waals surface area contributed by atoms with Crippen molar-refractivity contribution in [3.8, 4) is 0 Å². The van der Waals surface area contributed by atoms with E-state index in [2.05, 4.69) is 33.8 Å². The number of hydrogen-bond acceptors (Lipinski definition) is 6. The summed E-state index contributed by atoms with van der Waals surface area (Å²) in [6.45, 7) is 12.6. The minimum absolute atomic E-state index is 0.0530. The Bertz CT molecular complexity index is 1070. The topological polar surface area (TPSA) is 77.8 Å². The van der Waals surface area contributed by atoms with E-state index in [1.807, 2.05) is 33.8 Å². The van der Waals surface area contributed by atoms with Crippen LogP contribution in [0.2, 0.25) is 0 Å². The number of allylic oxidation sites excluding steroid dienone is 3. The zero-order valence-electron chi connectivity index (χ0n) is 19.2. The van der Waals surface area contributed by atoms with Crippen molar-refractivity contribution in [3.63, 3.8) is 0 Å². The van der Waals surface area contributed by atoms with E-state index in [0.29, 0.717) is 6.04 Å². The third kappa shape index (κ3) is 4.27. The number of fused-ring (bicyclic) bond motifs is 2. The fourth-order valence-corrected chi connectivity index (χ4v) is 5.19. The highest BCUT2D eigenvalue weighted by Gasteiger charge is 2.39. The van der Waals surface area contributed by atoms with Crippen molar-refractivity contribution in [2.24, 2.45) is 5.92 Å². The van der Waals surface area contributed by atoms with Gasteiger partial charge in [0.1, 0.15) is 5.82 Å². The first kappa shape index (κ1) is 21.7. The first-order valence-electron chi connectivity index (χ1n) is 12.0. The normalized spacial score (nSPS) is 20.2. The van der Waals surface area contributed by atoms with Gasteiger partial charge in [-0.25, -0.2) is 4.98 Å². The first-order chi connectivity index (χ1) is 16.2. The lowest BCUT2D eigenvalue weighted by Crippen LogP contribution is -2.57. The molecule has 8 heteroatoms. The number of piperidine rings is 1. The summed E-state index contributed by atoms with van der Waals surface area (Å²) in [4.78, 5) is 22.4. The van der Waals surface area contributed by atoms with Crippen LogP contribution >= 0.6 is 0 Å². The highest BCUT2D eigenvalue weighted by molar-refractivity contribution is 5.82. The first-order valence-corrected chi connectivity index (χ1v) is 12.0. The van der Waals surface area contributed by atoms with Gasteiger partial charge in [-0.15, -0.1) is 0 Å². The van der Waals surface area contributed by atoms with Crippen LogP contribution in [0, 0.1) is 5.92 Å². The third-order valence-electron chi connectivity index (χ3n) is 7.01. The van der Waals surface area contributed by atoms with Gasteiger partial charge in [0.25, 0.3) is 0 Å². The largest absolute Gasteiger partial charge is 0.382 e. The summed E-state index contributed by atoms with van der Waals surface area (Å²) in [5, 5.41) is 11.5. The van der Waals surface area contributed by atoms with Crippen LogP contribution in [0.25, 0.3) is 5.65 Å². The van der Waals surface area contributed by atoms with Gasteiger partial charge in [0, 0.05) is 62.5 Å². The molecular weight excluding hydrogens is 414 g/mol. The summed E-state index contributed by atoms with van der Waals surface area (Å²) in [5.41, 5.74) is 4.32. The lowest BCUT2D eigenvalue weighted by atomic mass is 9.95. The zero-order valence-corrected chi connectivity index (χ0v) is 19.2. The molecule has 8 nitrogen and oxygen atoms in total. The Hall–Kier alpha value is -3.13. The molecule has 0 spiro atoms. The molecule has 2 aromatic rings. The quantitative estimate of drug-likeness (QED) is 0.657. The van der Waals surface area contributed by atoms with Gasteiger partial charge >= 0.3 is 0 Å². The van der Waals surface area contributed by atoms with Crippen molar-refractivity contribution >= 4 is 17.4 Å². The van der Waals surface area contributed by atoms with Gasteiger partial charge in [-0.1, -0.05) is 19.2 Å². The van der Waals surface area contributed by atoms with Crippen molar-refractivity contribution in [1.29, 1.82) is 0 Å². The third-order valence-corrected chi connectivity index (χ3v) is 7.01. The summed E-state index contributed by atoms with van der Waals surface area (Å²) in [7, 11) is 0. The predicted octanol–water partition coefficient (Wildman–Crippen LogP) is 1.69. The molecule has 5 heterocycles. The molecule has 0 aromatic carbocycles. The molecule has 2 saturated heterocycles. The van der Waals surface area contributed by atoms with Crippen LogP contribution < -0.4 is 15.5 Å². The molecule has 33 heavy (non-hydrogen) atoms. The van der Waals surface area contributed by atoms with Crippen LogP contribution in [0.4, 0.5) is 5.82 Å². The van der Waals surface area contributed by atoms with Gasteiger partial charge in [-0.05, 0) is 38.0 Å². The van der Waals surface area contributed by atoms with E-state index in [9.17, 15) is 4.79 Å². The Kier molecular flexibility index (Phi) is 6.17. The molecule has 2 N–H and O–H groups in total. The Morgan fingerprint density at radius 2 is 1.97 bits per heavy atom. The molecule has 0 radical (unpaired) electrons. The molecule has 1 amide bonds. The summed E-state index contributed by atoms with van der Waals surface area (Å²) >= 11 is 0. The molecule has 0 bridgehead atoms. The molecule has 3 aliphatic heterocycles. The number of carbonyl (C=O) groups excluding carboxylic acids is 1. The molecular formula is C25H33N7O. The van der Waals surface area contributed by atoms with Crippen molar-refractivity contribution < 1.29 is 4.79 Å². The minimum atomic E-state index is 0.0530. The molecule has 0 saturated carbocycles. The molecule has 0 unspecified atom stereocenters. The second-order valence-corrected chi connectivity index (χ2v) is 9.12. The van der Waals surface area contributed by atoms with Crippen molar-refractivity contribution in [3.05, 3.63) is 60.6 Å². The number of aromatic nitrogens is 3. The average Bonchev–Trinajstić information content (AvgIpc) is 3.14. The molecule has 2 aromatic heterocycles. The van der Waals surface area contributed by atoms with E-state index >= 15 is 0 Å². The molecule has 0 aliphatic carbocycles. The Balaban J connectivity index is 1.22. The van der Waals surface area contributed by atoms with Gasteiger partial charge in [0.15, 0.2) is 5.65 Å². The van der Waals surface area contributed by atoms with E-state index in [0.717, 1.165) is 87.8 Å². The predicted molar refractivity (Wildman–Crippen MR) is 130 cm³/mol. The Morgan fingerprint density at radius 3 is 2.73 bits per heavy atom. The van der Waals surface area contributed by atoms with Crippen LogP contribution in [0.15, 0.2) is 49.3 Å². The van der Waals surface area contributed by atoms with Gasteiger partial charge < -0.3 is 20.4 Å². The number of amides is 1. The van der Waals surface area contributed by atoms with Gasteiger partial charge in [0.05, 0.1) is 17.8 Å². The molecule has 2 fully saturated rings. The highest BCUT2D eigenvalue weighted by atomic mass is 16.2. The molecule has 0 atom stereocenters. The second kappa shape index (κ2) is 9.39. The number of carbonyl (C=O) groups is 1. The fourth-order valence-electron chi connectivity index (χ4n) is 5.19. The maximum absolute atomic E-state index is 13.2. The number of anilines is 1. The number of nitrogens with one attached hydrogen (secondary N) is 2. The van der Waals surface area contributed by atoms with E-state index in [-0.39, 0.29) is 11.8 Å². The van der Waals surface area contributed by atoms with Gasteiger partial charge in [0.2, 0.25) is 5.91 Å². The summed E-state index contributed by atoms with van der Waals surface area (Å²) in [6.07, 6.45) is 11.1. The smallest absolute Gasteiger partial charge is 0.229 e. The SMILES string of the molecule is C=C/C=C(\C=C)NC1CCN(C(=O)C2CN(c3c4c(nc5ccnn35)CCNCC4)C2)CC1. The van der Waals surface area contributed by atoms with Crippen LogP contribution in [0.1, 0.15) is 24.1 Å². The van der Waals surface area contributed by atoms with E-state index in [4.69, 9.17) is 4.98 Å². The van der Waals surface area contributed by atoms with Crippen LogP contribution in [-0.4, -0.2) is 70.7 Å². The van der Waals surface area contributed by atoms with Crippen molar-refractivity contribution in [2.75, 3.05) is 44.2 Å². The van der Waals surface area contributed by atoms with Crippen LogP contribution in [0.5, 0.6) is 0 Å². The van der Waals surface area contributed by atoms with Gasteiger partial charge in [-0.3, -0.25) is 4.79 Å². The lowest BCUT2D eigenvalue weighted by Gasteiger charge is -2.44. The standard InChI is InChI=1S/C25H33N7O/c1-3-5-19(4-2)28-20-9-14-30(15-10-20)25(33)18-16-31(17-18)24-21-6-11-26-12-7-22(21)29-23-8-13-27-32(23)24/h3-5,8,13,18,20,26,28H,1-2,6-7,9-12,14-17H2/b19-5+. The lowest BCUT2D eigenvalue weighted by molar-refractivity contribution is -0.137. The maximum Gasteiger partial charge on any atom is 0.229 e. The Morgan fingerprint density at radius 1 is 1.18 bits per heavy atom. The average molecular weight is 448 g/mol. The van der Waals surface area contributed by atoms with Crippen molar-refractivity contribution in [2.45, 2.75) is 31.7 Å². The summed E-state index contributed by atoms with van der Waals surface area (Å²) < 4.78 is 1.95. The number of likely N-dealkylation sites (tertiary alicyclic amines) is 1. The second-order valence-electron chi connectivity index (χ2n) is 9.12. The number of rotatable bonds is 6. The van der Waals surface area contributed by atoms with Gasteiger partial charge in [-0.2, -0.15) is 9.61 Å². The van der Waals surface area contributed by atoms with E-state index in [1.165, 1.54) is 5.56 Å².